The van der Waals surface area contributed by atoms with Gasteiger partial charge in [0.05, 0.1) is 16.8 Å². The van der Waals surface area contributed by atoms with Gasteiger partial charge in [-0.15, -0.1) is 0 Å². The highest BCUT2D eigenvalue weighted by Crippen LogP contribution is 2.69. The van der Waals surface area contributed by atoms with E-state index in [9.17, 15) is 0 Å². The summed E-state index contributed by atoms with van der Waals surface area (Å²) in [5, 5.41) is 3.29. The predicted molar refractivity (Wildman–Crippen MR) is 249 cm³/mol. The van der Waals surface area contributed by atoms with Crippen LogP contribution in [0.2, 0.25) is 0 Å². The lowest BCUT2D eigenvalue weighted by Crippen LogP contribution is -2.30. The van der Waals surface area contributed by atoms with Crippen molar-refractivity contribution < 1.29 is 8.83 Å². The van der Waals surface area contributed by atoms with Gasteiger partial charge < -0.3 is 18.6 Å². The molecule has 4 heteroatoms. The molecule has 0 amide bonds. The largest absolute Gasteiger partial charge is 0.456 e. The summed E-state index contributed by atoms with van der Waals surface area (Å²) in [6.07, 6.45) is 0. The minimum atomic E-state index is -0.794. The topological polar surface area (TPSA) is 32.8 Å². The number of fused-ring (bicyclic) bond motifs is 15. The first-order valence-electron chi connectivity index (χ1n) is 20.8. The van der Waals surface area contributed by atoms with Crippen LogP contribution in [0.4, 0.5) is 34.1 Å². The Kier molecular flexibility index (Phi) is 7.19. The summed E-state index contributed by atoms with van der Waals surface area (Å²) in [6, 6.07) is 78.4. The highest BCUT2D eigenvalue weighted by molar-refractivity contribution is 6.09. The van der Waals surface area contributed by atoms with E-state index in [1.54, 1.807) is 0 Å². The van der Waals surface area contributed by atoms with Crippen molar-refractivity contribution in [1.29, 1.82) is 0 Å². The van der Waals surface area contributed by atoms with Crippen LogP contribution in [0.5, 0.6) is 0 Å². The van der Waals surface area contributed by atoms with Gasteiger partial charge in [0.25, 0.3) is 0 Å². The molecule has 1 unspecified atom stereocenters. The molecule has 0 N–H and O–H groups in total. The van der Waals surface area contributed by atoms with Crippen LogP contribution >= 0.6 is 0 Å². The van der Waals surface area contributed by atoms with E-state index in [2.05, 4.69) is 216 Å². The smallest absolute Gasteiger partial charge is 0.140 e. The molecular formula is C57H36N2O2. The molecule has 0 fully saturated rings. The summed E-state index contributed by atoms with van der Waals surface area (Å²) in [5.41, 5.74) is 16.6. The van der Waals surface area contributed by atoms with Gasteiger partial charge in [-0.25, -0.2) is 0 Å². The SMILES string of the molecule is c1ccc(N(c2ccc3oc4ccccc4c3c2)c2cccc3c2C2(c4ccccc4-3)c3c(cccc3N(c3ccccc3)c3ccccc3)-c3oc4ccccc4c32)cc1. The third kappa shape index (κ3) is 4.70. The number of furan rings is 2. The second-order valence-electron chi connectivity index (χ2n) is 16.0. The Balaban J connectivity index is 1.19. The van der Waals surface area contributed by atoms with Crippen molar-refractivity contribution in [2.24, 2.45) is 0 Å². The minimum Gasteiger partial charge on any atom is -0.456 e. The van der Waals surface area contributed by atoms with Crippen molar-refractivity contribution in [1.82, 2.24) is 0 Å². The molecule has 1 atom stereocenters. The summed E-state index contributed by atoms with van der Waals surface area (Å²) in [6.45, 7) is 0. The summed E-state index contributed by atoms with van der Waals surface area (Å²) in [4.78, 5) is 4.87. The zero-order valence-corrected chi connectivity index (χ0v) is 33.0. The molecule has 2 aliphatic carbocycles. The number of anilines is 6. The normalized spacial score (nSPS) is 14.6. The van der Waals surface area contributed by atoms with Crippen LogP contribution in [0.1, 0.15) is 22.3 Å². The van der Waals surface area contributed by atoms with E-state index in [1.807, 2.05) is 12.1 Å². The van der Waals surface area contributed by atoms with Gasteiger partial charge in [0.1, 0.15) is 22.5 Å². The van der Waals surface area contributed by atoms with Gasteiger partial charge in [0.15, 0.2) is 0 Å². The van der Waals surface area contributed by atoms with E-state index in [-0.39, 0.29) is 0 Å². The summed E-state index contributed by atoms with van der Waals surface area (Å²) in [5.74, 6) is 0.911. The van der Waals surface area contributed by atoms with Crippen LogP contribution < -0.4 is 9.80 Å². The fourth-order valence-corrected chi connectivity index (χ4v) is 10.5. The Labute approximate surface area is 352 Å². The third-order valence-corrected chi connectivity index (χ3v) is 12.8. The van der Waals surface area contributed by atoms with Crippen molar-refractivity contribution in [3.63, 3.8) is 0 Å². The zero-order valence-electron chi connectivity index (χ0n) is 33.0. The quantitative estimate of drug-likeness (QED) is 0.168. The van der Waals surface area contributed by atoms with E-state index in [0.29, 0.717) is 0 Å². The second kappa shape index (κ2) is 13.0. The van der Waals surface area contributed by atoms with Crippen molar-refractivity contribution >= 4 is 67.0 Å². The van der Waals surface area contributed by atoms with Crippen molar-refractivity contribution in [2.45, 2.75) is 5.41 Å². The Bertz CT molecular complexity index is 3460. The summed E-state index contributed by atoms with van der Waals surface area (Å²) >= 11 is 0. The Morgan fingerprint density at radius 1 is 0.311 bits per heavy atom. The third-order valence-electron chi connectivity index (χ3n) is 12.8. The van der Waals surface area contributed by atoms with Crippen LogP contribution in [0, 0.1) is 0 Å². The average Bonchev–Trinajstić information content (AvgIpc) is 4.06. The first kappa shape index (κ1) is 33.8. The lowest BCUT2D eigenvalue weighted by atomic mass is 9.68. The second-order valence-corrected chi connectivity index (χ2v) is 16.0. The Hall–Kier alpha value is -8.08. The van der Waals surface area contributed by atoms with Crippen LogP contribution in [0.3, 0.4) is 0 Å². The van der Waals surface area contributed by atoms with Gasteiger partial charge in [0, 0.05) is 61.2 Å². The van der Waals surface area contributed by atoms with E-state index in [0.717, 1.165) is 78.4 Å². The Morgan fingerprint density at radius 2 is 0.803 bits per heavy atom. The monoisotopic (exact) mass is 780 g/mol. The first-order valence-corrected chi connectivity index (χ1v) is 20.8. The molecule has 0 bridgehead atoms. The van der Waals surface area contributed by atoms with Crippen LogP contribution in [0.25, 0.3) is 55.4 Å². The van der Waals surface area contributed by atoms with Crippen molar-refractivity contribution in [3.05, 3.63) is 241 Å². The number of hydrogen-bond acceptors (Lipinski definition) is 4. The molecular weight excluding hydrogens is 745 g/mol. The first-order chi connectivity index (χ1) is 30.3. The van der Waals surface area contributed by atoms with E-state index < -0.39 is 5.41 Å². The van der Waals surface area contributed by atoms with Crippen LogP contribution in [-0.4, -0.2) is 0 Å². The molecule has 2 aliphatic rings. The number of para-hydroxylation sites is 5. The fourth-order valence-electron chi connectivity index (χ4n) is 10.5. The summed E-state index contributed by atoms with van der Waals surface area (Å²) < 4.78 is 13.5. The van der Waals surface area contributed by atoms with Gasteiger partial charge in [-0.05, 0) is 95.6 Å². The fraction of sp³-hybridized carbons (Fsp3) is 0.0175. The molecule has 2 aromatic heterocycles. The lowest BCUT2D eigenvalue weighted by molar-refractivity contribution is 0.628. The molecule has 0 radical (unpaired) electrons. The molecule has 2 heterocycles. The summed E-state index contributed by atoms with van der Waals surface area (Å²) in [7, 11) is 0. The lowest BCUT2D eigenvalue weighted by Gasteiger charge is -2.38. The molecule has 1 spiro atoms. The number of nitrogens with zero attached hydrogens (tertiary/aromatic N) is 2. The zero-order chi connectivity index (χ0) is 40.1. The molecule has 11 aromatic rings. The van der Waals surface area contributed by atoms with E-state index in [4.69, 9.17) is 8.83 Å². The number of benzene rings is 9. The molecule has 13 rings (SSSR count). The highest BCUT2D eigenvalue weighted by Gasteiger charge is 2.57. The molecule has 0 saturated heterocycles. The van der Waals surface area contributed by atoms with Gasteiger partial charge in [0.2, 0.25) is 0 Å². The van der Waals surface area contributed by atoms with Gasteiger partial charge in [-0.2, -0.15) is 0 Å². The molecule has 286 valence electrons. The van der Waals surface area contributed by atoms with Gasteiger partial charge in [-0.3, -0.25) is 0 Å². The van der Waals surface area contributed by atoms with Crippen molar-refractivity contribution in [2.75, 3.05) is 9.80 Å². The van der Waals surface area contributed by atoms with Crippen molar-refractivity contribution in [3.8, 4) is 22.5 Å². The van der Waals surface area contributed by atoms with Gasteiger partial charge >= 0.3 is 0 Å². The standard InChI is InChI=1S/C57H36N2O2/c1-4-18-37(19-5-1)58(38-20-6-2-7-21-38)49-31-17-28-45-54(49)57(55-44-26-12-15-33-51(44)61-56(45)55)47-29-13-10-24-41(47)43-27-16-30-48(53(43)57)59(39-22-8-3-9-23-39)40-34-35-52-46(36-40)42-25-11-14-32-50(42)60-52/h1-36H. The predicted octanol–water partition coefficient (Wildman–Crippen LogP) is 15.6. The maximum Gasteiger partial charge on any atom is 0.140 e. The van der Waals surface area contributed by atoms with Gasteiger partial charge in [-0.1, -0.05) is 140 Å². The molecule has 9 aromatic carbocycles. The number of hydrogen-bond donors (Lipinski definition) is 0. The maximum absolute atomic E-state index is 7.11. The van der Waals surface area contributed by atoms with E-state index in [1.165, 1.54) is 33.4 Å². The van der Waals surface area contributed by atoms with E-state index >= 15 is 0 Å². The number of rotatable bonds is 6. The molecule has 4 nitrogen and oxygen atoms in total. The highest BCUT2D eigenvalue weighted by atomic mass is 16.3. The average molecular weight is 781 g/mol. The molecule has 61 heavy (non-hydrogen) atoms. The Morgan fingerprint density at radius 3 is 1.48 bits per heavy atom. The van der Waals surface area contributed by atoms with Crippen LogP contribution in [-0.2, 0) is 5.41 Å². The van der Waals surface area contributed by atoms with Crippen LogP contribution in [0.15, 0.2) is 227 Å². The molecule has 0 saturated carbocycles. The maximum atomic E-state index is 7.11. The molecule has 0 aliphatic heterocycles. The minimum absolute atomic E-state index is 0.794.